The van der Waals surface area contributed by atoms with E-state index in [1.165, 1.54) is 23.6 Å². The van der Waals surface area contributed by atoms with Crippen LogP contribution >= 0.6 is 11.3 Å². The Balaban J connectivity index is 2.00. The van der Waals surface area contributed by atoms with Crippen LogP contribution in [0.5, 0.6) is 0 Å². The largest absolute Gasteiger partial charge is 0.342 e. The summed E-state index contributed by atoms with van der Waals surface area (Å²) < 4.78 is 1.10. The molecule has 0 spiro atoms. The fourth-order valence-corrected chi connectivity index (χ4v) is 1.84. The van der Waals surface area contributed by atoms with Crippen molar-refractivity contribution < 1.29 is 9.59 Å². The maximum absolute atomic E-state index is 11.8. The highest BCUT2D eigenvalue weighted by molar-refractivity contribution is 7.13. The zero-order chi connectivity index (χ0) is 13.7. The summed E-state index contributed by atoms with van der Waals surface area (Å²) in [5.74, 6) is -0.392. The van der Waals surface area contributed by atoms with Crippen molar-refractivity contribution in [3.63, 3.8) is 0 Å². The van der Waals surface area contributed by atoms with Gasteiger partial charge in [0.25, 0.3) is 5.91 Å². The normalized spacial score (nSPS) is 10.2. The molecule has 0 aliphatic heterocycles. The molecule has 2 rings (SSSR count). The van der Waals surface area contributed by atoms with E-state index in [9.17, 15) is 9.59 Å². The van der Waals surface area contributed by atoms with Gasteiger partial charge in [-0.05, 0) is 12.5 Å². The van der Waals surface area contributed by atoms with Crippen molar-refractivity contribution in [3.8, 4) is 0 Å². The molecule has 0 atom stereocenters. The first-order chi connectivity index (χ1) is 9.20. The molecule has 2 amide bonds. The van der Waals surface area contributed by atoms with Crippen LogP contribution in [0.4, 0.5) is 9.93 Å². The minimum atomic E-state index is -0.392. The van der Waals surface area contributed by atoms with E-state index in [0.29, 0.717) is 11.7 Å². The number of amides is 2. The molecule has 2 aromatic rings. The lowest BCUT2D eigenvalue weighted by molar-refractivity contribution is 0.102. The van der Waals surface area contributed by atoms with Crippen LogP contribution in [0, 0.1) is 0 Å². The van der Waals surface area contributed by atoms with Crippen LogP contribution in [0.1, 0.15) is 23.8 Å². The summed E-state index contributed by atoms with van der Waals surface area (Å²) in [6.07, 6.45) is 3.88. The number of carbonyl (C=O) groups is 2. The Morgan fingerprint density at radius 2 is 2.32 bits per heavy atom. The van der Waals surface area contributed by atoms with E-state index in [4.69, 9.17) is 0 Å². The number of hydrogen-bond acceptors (Lipinski definition) is 5. The third kappa shape index (κ3) is 3.38. The second-order valence-corrected chi connectivity index (χ2v) is 4.56. The summed E-state index contributed by atoms with van der Waals surface area (Å²) in [5.41, 5.74) is 0.168. The van der Waals surface area contributed by atoms with Crippen LogP contribution < -0.4 is 10.6 Å². The molecule has 0 radical (unpaired) electrons. The fraction of sp³-hybridized carbons (Fsp3) is 0.273. The molecule has 8 heteroatoms. The molecule has 0 unspecified atom stereocenters. The van der Waals surface area contributed by atoms with Gasteiger partial charge in [-0.25, -0.2) is 9.78 Å². The number of nitrogens with one attached hydrogen (secondary N) is 2. The highest BCUT2D eigenvalue weighted by Gasteiger charge is 2.13. The first kappa shape index (κ1) is 13.2. The van der Waals surface area contributed by atoms with Crippen LogP contribution in [0.25, 0.3) is 0 Å². The lowest BCUT2D eigenvalue weighted by Gasteiger charge is -2.02. The topological polar surface area (TPSA) is 88.9 Å². The first-order valence-corrected chi connectivity index (χ1v) is 6.63. The molecule has 2 aromatic heterocycles. The van der Waals surface area contributed by atoms with E-state index >= 15 is 0 Å². The van der Waals surface area contributed by atoms with Crippen molar-refractivity contribution in [3.05, 3.63) is 29.5 Å². The Hall–Kier alpha value is -2.22. The summed E-state index contributed by atoms with van der Waals surface area (Å²) in [6.45, 7) is 2.52. The van der Waals surface area contributed by atoms with Gasteiger partial charge in [-0.2, -0.15) is 9.78 Å². The predicted molar refractivity (Wildman–Crippen MR) is 71.4 cm³/mol. The molecule has 0 saturated carbocycles. The Morgan fingerprint density at radius 3 is 3.00 bits per heavy atom. The van der Waals surface area contributed by atoms with Gasteiger partial charge in [0.05, 0.1) is 0 Å². The molecular formula is C11H13N5O2S. The smallest absolute Gasteiger partial charge is 0.336 e. The number of anilines is 1. The molecule has 2 heterocycles. The first-order valence-electron chi connectivity index (χ1n) is 5.75. The SMILES string of the molecule is CCCNC(=O)n1ccc(C(=O)Nc2nccs2)n1. The molecule has 0 saturated heterocycles. The second kappa shape index (κ2) is 6.10. The summed E-state index contributed by atoms with van der Waals surface area (Å²) in [5, 5.41) is 11.4. The van der Waals surface area contributed by atoms with E-state index in [0.717, 1.165) is 11.1 Å². The lowest BCUT2D eigenvalue weighted by Crippen LogP contribution is -2.29. The van der Waals surface area contributed by atoms with Gasteiger partial charge in [-0.1, -0.05) is 6.92 Å². The summed E-state index contributed by atoms with van der Waals surface area (Å²) in [4.78, 5) is 27.4. The Kier molecular flexibility index (Phi) is 4.24. The Labute approximate surface area is 113 Å². The van der Waals surface area contributed by atoms with Gasteiger partial charge in [-0.3, -0.25) is 10.1 Å². The van der Waals surface area contributed by atoms with Gasteiger partial charge >= 0.3 is 6.03 Å². The van der Waals surface area contributed by atoms with Gasteiger partial charge in [0.2, 0.25) is 0 Å². The van der Waals surface area contributed by atoms with Gasteiger partial charge < -0.3 is 5.32 Å². The highest BCUT2D eigenvalue weighted by atomic mass is 32.1. The van der Waals surface area contributed by atoms with Crippen molar-refractivity contribution in [1.82, 2.24) is 20.1 Å². The molecule has 2 N–H and O–H groups in total. The van der Waals surface area contributed by atoms with Crippen LogP contribution in [-0.4, -0.2) is 33.2 Å². The van der Waals surface area contributed by atoms with E-state index in [1.54, 1.807) is 11.6 Å². The van der Waals surface area contributed by atoms with E-state index in [-0.39, 0.29) is 11.7 Å². The lowest BCUT2D eigenvalue weighted by atomic mass is 10.4. The quantitative estimate of drug-likeness (QED) is 0.888. The van der Waals surface area contributed by atoms with E-state index in [1.807, 2.05) is 6.92 Å². The predicted octanol–water partition coefficient (Wildman–Crippen LogP) is 1.56. The maximum atomic E-state index is 11.8. The average Bonchev–Trinajstić information content (AvgIpc) is 3.06. The third-order valence-electron chi connectivity index (χ3n) is 2.21. The monoisotopic (exact) mass is 279 g/mol. The van der Waals surface area contributed by atoms with E-state index < -0.39 is 5.91 Å². The maximum Gasteiger partial charge on any atom is 0.342 e. The van der Waals surface area contributed by atoms with Crippen molar-refractivity contribution in [1.29, 1.82) is 0 Å². The number of rotatable bonds is 4. The van der Waals surface area contributed by atoms with Gasteiger partial charge in [-0.15, -0.1) is 11.3 Å². The fourth-order valence-electron chi connectivity index (χ4n) is 1.32. The molecule has 0 aliphatic rings. The summed E-state index contributed by atoms with van der Waals surface area (Å²) in [7, 11) is 0. The number of hydrogen-bond donors (Lipinski definition) is 2. The summed E-state index contributed by atoms with van der Waals surface area (Å²) in [6, 6.07) is 1.13. The van der Waals surface area contributed by atoms with Gasteiger partial charge in [0, 0.05) is 24.3 Å². The number of thiazole rings is 1. The third-order valence-corrected chi connectivity index (χ3v) is 2.90. The number of nitrogens with zero attached hydrogens (tertiary/aromatic N) is 3. The average molecular weight is 279 g/mol. The molecule has 100 valence electrons. The number of carbonyl (C=O) groups excluding carboxylic acids is 2. The standard InChI is InChI=1S/C11H13N5O2S/c1-2-4-13-11(18)16-6-3-8(15-16)9(17)14-10-12-5-7-19-10/h3,5-7H,2,4H2,1H3,(H,13,18)(H,12,14,17). The van der Waals surface area contributed by atoms with Crippen molar-refractivity contribution in [2.24, 2.45) is 0 Å². The van der Waals surface area contributed by atoms with Gasteiger partial charge in [0.1, 0.15) is 0 Å². The van der Waals surface area contributed by atoms with Crippen LogP contribution in [0.2, 0.25) is 0 Å². The molecular weight excluding hydrogens is 266 g/mol. The van der Waals surface area contributed by atoms with Crippen molar-refractivity contribution in [2.45, 2.75) is 13.3 Å². The minimum Gasteiger partial charge on any atom is -0.336 e. The van der Waals surface area contributed by atoms with E-state index in [2.05, 4.69) is 20.7 Å². The molecule has 0 aliphatic carbocycles. The van der Waals surface area contributed by atoms with Crippen LogP contribution in [-0.2, 0) is 0 Å². The van der Waals surface area contributed by atoms with Gasteiger partial charge in [0.15, 0.2) is 10.8 Å². The molecule has 0 aromatic carbocycles. The molecule has 0 fully saturated rings. The molecule has 19 heavy (non-hydrogen) atoms. The van der Waals surface area contributed by atoms with Crippen molar-refractivity contribution >= 4 is 28.4 Å². The zero-order valence-corrected chi connectivity index (χ0v) is 11.1. The van der Waals surface area contributed by atoms with Crippen LogP contribution in [0.15, 0.2) is 23.8 Å². The Morgan fingerprint density at radius 1 is 1.47 bits per heavy atom. The zero-order valence-electron chi connectivity index (χ0n) is 10.3. The van der Waals surface area contributed by atoms with Crippen LogP contribution in [0.3, 0.4) is 0 Å². The molecule has 7 nitrogen and oxygen atoms in total. The summed E-state index contributed by atoms with van der Waals surface area (Å²) >= 11 is 1.31. The van der Waals surface area contributed by atoms with Crippen molar-refractivity contribution in [2.75, 3.05) is 11.9 Å². The molecule has 0 bridgehead atoms. The minimum absolute atomic E-state index is 0.168. The Bertz CT molecular complexity index is 563. The number of aromatic nitrogens is 3. The second-order valence-electron chi connectivity index (χ2n) is 3.67. The highest BCUT2D eigenvalue weighted by Crippen LogP contribution is 2.11.